The van der Waals surface area contributed by atoms with Gasteiger partial charge in [-0.05, 0) is 13.8 Å². The van der Waals surface area contributed by atoms with E-state index in [1.165, 1.54) is 0 Å². The number of hydrogen-bond acceptors (Lipinski definition) is 3. The van der Waals surface area contributed by atoms with Gasteiger partial charge in [0.15, 0.2) is 0 Å². The van der Waals surface area contributed by atoms with Crippen LogP contribution < -0.4 is 0 Å². The molecule has 0 N–H and O–H groups in total. The summed E-state index contributed by atoms with van der Waals surface area (Å²) in [5.74, 6) is 0. The highest BCUT2D eigenvalue weighted by atomic mass is 31.2. The van der Waals surface area contributed by atoms with Gasteiger partial charge in [-0.3, -0.25) is 0 Å². The van der Waals surface area contributed by atoms with Gasteiger partial charge in [-0.2, -0.15) is 14.0 Å². The Morgan fingerprint density at radius 3 is 0.923 bits per heavy atom. The molecule has 0 atom stereocenters. The normalized spacial score (nSPS) is 13.8. The lowest BCUT2D eigenvalue weighted by molar-refractivity contribution is 0.448. The fourth-order valence-electron chi connectivity index (χ4n) is 2.46. The van der Waals surface area contributed by atoms with Crippen molar-refractivity contribution >= 4 is 7.71 Å². The molecule has 0 aromatic carbocycles. The van der Waals surface area contributed by atoms with Crippen LogP contribution in [0.4, 0.5) is 0 Å². The Bertz CT molecular complexity index is 117. The first-order valence-electron chi connectivity index (χ1n) is 4.70. The highest BCUT2D eigenvalue weighted by Crippen LogP contribution is 2.66. The predicted octanol–water partition coefficient (Wildman–Crippen LogP) is 1.84. The van der Waals surface area contributed by atoms with Gasteiger partial charge in [-0.1, -0.05) is 0 Å². The third-order valence-corrected chi connectivity index (χ3v) is 7.38. The third kappa shape index (κ3) is 2.21. The molecule has 3 nitrogen and oxygen atoms in total. The summed E-state index contributed by atoms with van der Waals surface area (Å²) in [6.07, 6.45) is 0. The molecular weight excluding hydrogens is 181 g/mol. The van der Waals surface area contributed by atoms with E-state index in [1.807, 2.05) is 0 Å². The molecule has 0 aliphatic rings. The van der Waals surface area contributed by atoms with Crippen LogP contribution in [-0.2, 0) is 0 Å². The van der Waals surface area contributed by atoms with E-state index in [2.05, 4.69) is 70.1 Å². The predicted molar refractivity (Wildman–Crippen MR) is 63.1 cm³/mol. The lowest BCUT2D eigenvalue weighted by Crippen LogP contribution is -2.40. The van der Waals surface area contributed by atoms with Crippen molar-refractivity contribution in [3.63, 3.8) is 0 Å². The van der Waals surface area contributed by atoms with Crippen LogP contribution >= 0.6 is 7.71 Å². The Morgan fingerprint density at radius 1 is 0.692 bits per heavy atom. The Hall–Kier alpha value is 0.310. The molecule has 0 radical (unpaired) electrons. The highest BCUT2D eigenvalue weighted by molar-refractivity contribution is 7.69. The quantitative estimate of drug-likeness (QED) is 0.650. The van der Waals surface area contributed by atoms with E-state index in [0.717, 1.165) is 0 Å². The highest BCUT2D eigenvalue weighted by Gasteiger charge is 2.50. The summed E-state index contributed by atoms with van der Waals surface area (Å²) in [5, 5.41) is 0. The Morgan fingerprint density at radius 2 is 0.923 bits per heavy atom. The van der Waals surface area contributed by atoms with Crippen molar-refractivity contribution in [1.82, 2.24) is 14.0 Å². The zero-order valence-corrected chi connectivity index (χ0v) is 11.3. The zero-order chi connectivity index (χ0) is 10.8. The zero-order valence-electron chi connectivity index (χ0n) is 10.4. The minimum absolute atomic E-state index is 0.660. The molecule has 13 heavy (non-hydrogen) atoms. The minimum Gasteiger partial charge on any atom is -0.154 e. The number of rotatable bonds is 4. The van der Waals surface area contributed by atoms with Crippen molar-refractivity contribution in [3.8, 4) is 0 Å². The maximum Gasteiger partial charge on any atom is 0.228 e. The molecule has 0 fully saturated rings. The topological polar surface area (TPSA) is 9.72 Å². The molecule has 0 aliphatic carbocycles. The lowest BCUT2D eigenvalue weighted by atomic mass is 10.6. The molecule has 80 valence electrons. The van der Waals surface area contributed by atoms with Gasteiger partial charge in [0, 0.05) is 42.3 Å². The number of nitrogens with zero attached hydrogens (tertiary/aromatic N) is 3. The van der Waals surface area contributed by atoms with Crippen molar-refractivity contribution in [3.05, 3.63) is 0 Å². The van der Waals surface area contributed by atoms with Crippen LogP contribution in [0.1, 0.15) is 13.8 Å². The van der Waals surface area contributed by atoms with Gasteiger partial charge in [0.25, 0.3) is 0 Å². The molecule has 4 heteroatoms. The molecule has 0 spiro atoms. The Kier molecular flexibility index (Phi) is 4.81. The van der Waals surface area contributed by atoms with Crippen molar-refractivity contribution in [2.24, 2.45) is 0 Å². The van der Waals surface area contributed by atoms with E-state index in [4.69, 9.17) is 0 Å². The van der Waals surface area contributed by atoms with Crippen molar-refractivity contribution in [2.75, 3.05) is 42.3 Å². The van der Waals surface area contributed by atoms with Gasteiger partial charge in [0.2, 0.25) is 7.71 Å². The van der Waals surface area contributed by atoms with Gasteiger partial charge in [-0.15, -0.1) is 0 Å². The molecule has 0 saturated carbocycles. The van der Waals surface area contributed by atoms with Crippen LogP contribution in [0.15, 0.2) is 0 Å². The van der Waals surface area contributed by atoms with Crippen LogP contribution in [0.3, 0.4) is 0 Å². The maximum atomic E-state index is 2.37. The van der Waals surface area contributed by atoms with E-state index in [1.54, 1.807) is 0 Å². The average molecular weight is 206 g/mol. The summed E-state index contributed by atoms with van der Waals surface area (Å²) in [6.45, 7) is 4.60. The summed E-state index contributed by atoms with van der Waals surface area (Å²) < 4.78 is 7.12. The molecule has 0 aliphatic heterocycles. The van der Waals surface area contributed by atoms with E-state index in [9.17, 15) is 0 Å². The second-order valence-electron chi connectivity index (χ2n) is 4.25. The van der Waals surface area contributed by atoms with Gasteiger partial charge < -0.3 is 0 Å². The van der Waals surface area contributed by atoms with E-state index < -0.39 is 7.71 Å². The van der Waals surface area contributed by atoms with Gasteiger partial charge >= 0.3 is 0 Å². The summed E-state index contributed by atoms with van der Waals surface area (Å²) in [5.41, 5.74) is 0.660. The first-order valence-corrected chi connectivity index (χ1v) is 6.41. The van der Waals surface area contributed by atoms with Gasteiger partial charge in [0.05, 0.1) is 0 Å². The van der Waals surface area contributed by atoms with Crippen molar-refractivity contribution < 1.29 is 0 Å². The number of hydrogen-bond donors (Lipinski definition) is 0. The van der Waals surface area contributed by atoms with Crippen molar-refractivity contribution in [2.45, 2.75) is 19.5 Å². The van der Waals surface area contributed by atoms with E-state index in [0.29, 0.717) is 5.66 Å². The van der Waals surface area contributed by atoms with E-state index >= 15 is 0 Å². The summed E-state index contributed by atoms with van der Waals surface area (Å²) in [7, 11) is 11.8. The first kappa shape index (κ1) is 13.3. The van der Waals surface area contributed by atoms with Crippen LogP contribution in [0, 0.1) is 0 Å². The SMILES string of the molecule is CC(C)[P+](N(C)C)(N(C)C)N(C)C. The molecule has 0 bridgehead atoms. The van der Waals surface area contributed by atoms with Gasteiger partial charge in [0.1, 0.15) is 5.66 Å². The lowest BCUT2D eigenvalue weighted by Gasteiger charge is -2.42. The van der Waals surface area contributed by atoms with Crippen LogP contribution in [0.2, 0.25) is 0 Å². The smallest absolute Gasteiger partial charge is 0.154 e. The molecule has 0 unspecified atom stereocenters. The molecule has 0 saturated heterocycles. The summed E-state index contributed by atoms with van der Waals surface area (Å²) >= 11 is 0. The average Bonchev–Trinajstić information content (AvgIpc) is 1.82. The minimum atomic E-state index is -1.28. The van der Waals surface area contributed by atoms with Gasteiger partial charge in [-0.25, -0.2) is 0 Å². The van der Waals surface area contributed by atoms with Crippen molar-refractivity contribution in [1.29, 1.82) is 0 Å². The molecule has 0 aromatic heterocycles. The Balaban J connectivity index is 5.06. The third-order valence-electron chi connectivity index (χ3n) is 2.46. The summed E-state index contributed by atoms with van der Waals surface area (Å²) in [4.78, 5) is 0. The fourth-order valence-corrected chi connectivity index (χ4v) is 7.38. The molecule has 0 amide bonds. The molecule has 0 heterocycles. The second kappa shape index (κ2) is 4.70. The molecule has 0 rings (SSSR count). The summed E-state index contributed by atoms with van der Waals surface area (Å²) in [6, 6.07) is 0. The standard InChI is InChI=1S/C9H25N3P/c1-9(2)13(10(3)4,11(5)6)12(7)8/h9H,1-8H3/q+1. The largest absolute Gasteiger partial charge is 0.228 e. The second-order valence-corrected chi connectivity index (χ2v) is 8.91. The fraction of sp³-hybridized carbons (Fsp3) is 1.00. The van der Waals surface area contributed by atoms with Crippen LogP contribution in [-0.4, -0.2) is 62.0 Å². The molecular formula is C9H25N3P+. The Labute approximate surface area is 84.2 Å². The molecule has 0 aromatic rings. The van der Waals surface area contributed by atoms with E-state index in [-0.39, 0.29) is 0 Å². The monoisotopic (exact) mass is 206 g/mol. The van der Waals surface area contributed by atoms with Crippen LogP contribution in [0.25, 0.3) is 0 Å². The van der Waals surface area contributed by atoms with Crippen LogP contribution in [0.5, 0.6) is 0 Å². The first-order chi connectivity index (χ1) is 5.77. The maximum absolute atomic E-state index is 2.37.